The zero-order valence-corrected chi connectivity index (χ0v) is 11.5. The van der Waals surface area contributed by atoms with Crippen molar-refractivity contribution in [2.75, 3.05) is 6.61 Å². The molecule has 1 aliphatic heterocycles. The van der Waals surface area contributed by atoms with Gasteiger partial charge in [-0.2, -0.15) is 0 Å². The van der Waals surface area contributed by atoms with Crippen molar-refractivity contribution in [3.05, 3.63) is 33.9 Å². The number of carbonyl (C=O) groups is 3. The summed E-state index contributed by atoms with van der Waals surface area (Å²) in [7, 11) is 0. The van der Waals surface area contributed by atoms with Crippen molar-refractivity contribution >= 4 is 39.9 Å². The van der Waals surface area contributed by atoms with Crippen LogP contribution >= 0.6 is 15.9 Å². The molecular formula is C12H8BrN2O5-. The summed E-state index contributed by atoms with van der Waals surface area (Å²) < 4.78 is 5.49. The molecule has 2 rings (SSSR count). The normalized spacial score (nSPS) is 15.9. The average molecular weight is 340 g/mol. The summed E-state index contributed by atoms with van der Waals surface area (Å²) in [4.78, 5) is 32.6. The van der Waals surface area contributed by atoms with Crippen LogP contribution in [0.15, 0.2) is 28.4 Å². The monoisotopic (exact) mass is 339 g/mol. The second-order valence-corrected chi connectivity index (χ2v) is 4.67. The number of amides is 3. The lowest BCUT2D eigenvalue weighted by Crippen LogP contribution is -2.29. The molecule has 1 aromatic rings. The van der Waals surface area contributed by atoms with Crippen LogP contribution in [0.4, 0.5) is 4.79 Å². The minimum absolute atomic E-state index is 0.130. The lowest BCUT2D eigenvalue weighted by atomic mass is 10.2. The number of nitrogens with one attached hydrogen (secondary N) is 2. The molecule has 1 saturated heterocycles. The first-order valence-electron chi connectivity index (χ1n) is 5.42. The van der Waals surface area contributed by atoms with E-state index in [2.05, 4.69) is 26.6 Å². The van der Waals surface area contributed by atoms with Crippen molar-refractivity contribution in [3.63, 3.8) is 0 Å². The second-order valence-electron chi connectivity index (χ2n) is 3.82. The van der Waals surface area contributed by atoms with E-state index in [-0.39, 0.29) is 5.70 Å². The van der Waals surface area contributed by atoms with Gasteiger partial charge in [-0.25, -0.2) is 4.79 Å². The van der Waals surface area contributed by atoms with Crippen LogP contribution in [-0.4, -0.2) is 24.5 Å². The van der Waals surface area contributed by atoms with Crippen LogP contribution < -0.4 is 20.5 Å². The first-order valence-corrected chi connectivity index (χ1v) is 6.21. The van der Waals surface area contributed by atoms with Crippen LogP contribution in [-0.2, 0) is 9.59 Å². The number of halogens is 1. The summed E-state index contributed by atoms with van der Waals surface area (Å²) >= 11 is 3.22. The molecule has 0 aromatic heterocycles. The molecule has 1 aliphatic rings. The van der Waals surface area contributed by atoms with Gasteiger partial charge in [0.2, 0.25) is 0 Å². The predicted octanol–water partition coefficient (Wildman–Crippen LogP) is -0.242. The van der Waals surface area contributed by atoms with Crippen molar-refractivity contribution in [1.29, 1.82) is 0 Å². The molecule has 1 aromatic carbocycles. The van der Waals surface area contributed by atoms with Crippen LogP contribution in [0.1, 0.15) is 5.56 Å². The number of aliphatic carboxylic acids is 1. The van der Waals surface area contributed by atoms with Crippen LogP contribution in [0.3, 0.4) is 0 Å². The molecular weight excluding hydrogens is 332 g/mol. The Morgan fingerprint density at radius 2 is 2.10 bits per heavy atom. The Morgan fingerprint density at radius 3 is 2.65 bits per heavy atom. The van der Waals surface area contributed by atoms with Gasteiger partial charge in [0.25, 0.3) is 5.91 Å². The summed E-state index contributed by atoms with van der Waals surface area (Å²) in [6.45, 7) is -0.558. The summed E-state index contributed by atoms with van der Waals surface area (Å²) in [5.41, 5.74) is 0.760. The highest BCUT2D eigenvalue weighted by atomic mass is 79.9. The van der Waals surface area contributed by atoms with E-state index in [0.29, 0.717) is 15.8 Å². The molecule has 0 atom stereocenters. The van der Waals surface area contributed by atoms with E-state index in [1.807, 2.05) is 0 Å². The number of hydrogen-bond acceptors (Lipinski definition) is 5. The summed E-state index contributed by atoms with van der Waals surface area (Å²) in [6, 6.07) is 4.19. The molecule has 0 saturated carbocycles. The summed E-state index contributed by atoms with van der Waals surface area (Å²) in [6.07, 6.45) is 1.48. The van der Waals surface area contributed by atoms with Crippen molar-refractivity contribution in [2.24, 2.45) is 0 Å². The second kappa shape index (κ2) is 5.74. The molecule has 1 heterocycles. The fourth-order valence-electron chi connectivity index (χ4n) is 1.51. The third-order valence-corrected chi connectivity index (χ3v) is 2.95. The maximum Gasteiger partial charge on any atom is 0.326 e. The first-order chi connectivity index (χ1) is 9.45. The molecule has 0 spiro atoms. The minimum Gasteiger partial charge on any atom is -0.546 e. The number of carboxylic acids is 1. The van der Waals surface area contributed by atoms with Crippen molar-refractivity contribution in [1.82, 2.24) is 10.6 Å². The van der Waals surface area contributed by atoms with Crippen LogP contribution in [0.2, 0.25) is 0 Å². The maximum atomic E-state index is 11.3. The van der Waals surface area contributed by atoms with E-state index in [1.165, 1.54) is 12.1 Å². The van der Waals surface area contributed by atoms with Crippen LogP contribution in [0, 0.1) is 0 Å². The van der Waals surface area contributed by atoms with Gasteiger partial charge in [-0.05, 0) is 39.7 Å². The molecule has 8 heteroatoms. The zero-order chi connectivity index (χ0) is 14.7. The number of urea groups is 1. The fraction of sp³-hybridized carbons (Fsp3) is 0.0833. The SMILES string of the molecule is O=C([O-])COc1ccc(/C=C2\NC(=O)NC2=O)cc1Br. The molecule has 2 N–H and O–H groups in total. The van der Waals surface area contributed by atoms with E-state index in [0.717, 1.165) is 0 Å². The molecule has 20 heavy (non-hydrogen) atoms. The number of benzene rings is 1. The highest BCUT2D eigenvalue weighted by Gasteiger charge is 2.22. The number of hydrogen-bond donors (Lipinski definition) is 2. The Morgan fingerprint density at radius 1 is 1.35 bits per heavy atom. The third-order valence-electron chi connectivity index (χ3n) is 2.33. The third kappa shape index (κ3) is 3.35. The predicted molar refractivity (Wildman–Crippen MR) is 69.3 cm³/mol. The Kier molecular flexibility index (Phi) is 4.04. The Balaban J connectivity index is 2.17. The van der Waals surface area contributed by atoms with Crippen LogP contribution in [0.5, 0.6) is 5.75 Å². The molecule has 0 unspecified atom stereocenters. The van der Waals surface area contributed by atoms with Gasteiger partial charge in [0.15, 0.2) is 0 Å². The Bertz CT molecular complexity index is 626. The number of carbonyl (C=O) groups excluding carboxylic acids is 3. The van der Waals surface area contributed by atoms with E-state index >= 15 is 0 Å². The molecule has 104 valence electrons. The largest absolute Gasteiger partial charge is 0.546 e. The lowest BCUT2D eigenvalue weighted by Gasteiger charge is -2.09. The van der Waals surface area contributed by atoms with Gasteiger partial charge in [0, 0.05) is 0 Å². The van der Waals surface area contributed by atoms with Gasteiger partial charge >= 0.3 is 6.03 Å². The van der Waals surface area contributed by atoms with Gasteiger partial charge in [-0.15, -0.1) is 0 Å². The van der Waals surface area contributed by atoms with Gasteiger partial charge in [0.1, 0.15) is 18.1 Å². The van der Waals surface area contributed by atoms with Crippen molar-refractivity contribution in [2.45, 2.75) is 0 Å². The van der Waals surface area contributed by atoms with Gasteiger partial charge < -0.3 is 20.0 Å². The lowest BCUT2D eigenvalue weighted by molar-refractivity contribution is -0.307. The number of carboxylic acid groups (broad SMARTS) is 1. The van der Waals surface area contributed by atoms with Gasteiger partial charge in [0.05, 0.1) is 10.4 Å². The first kappa shape index (κ1) is 14.1. The molecule has 3 amide bonds. The van der Waals surface area contributed by atoms with Gasteiger partial charge in [-0.1, -0.05) is 6.07 Å². The average Bonchev–Trinajstić information content (AvgIpc) is 2.66. The van der Waals surface area contributed by atoms with Crippen molar-refractivity contribution in [3.8, 4) is 5.75 Å². The van der Waals surface area contributed by atoms with E-state index in [9.17, 15) is 19.5 Å². The molecule has 0 bridgehead atoms. The molecule has 0 aliphatic carbocycles. The summed E-state index contributed by atoms with van der Waals surface area (Å²) in [5.74, 6) is -1.51. The topological polar surface area (TPSA) is 108 Å². The Hall–Kier alpha value is -2.35. The van der Waals surface area contributed by atoms with E-state index < -0.39 is 24.5 Å². The molecule has 7 nitrogen and oxygen atoms in total. The Labute approximate surface area is 121 Å². The standard InChI is InChI=1S/C12H9BrN2O5/c13-7-3-6(1-2-9(7)20-5-10(16)17)4-8-11(18)15-12(19)14-8/h1-4H,5H2,(H,16,17)(H2,14,15,18,19)/p-1/b8-4-. The number of ether oxygens (including phenoxy) is 1. The van der Waals surface area contributed by atoms with Crippen molar-refractivity contribution < 1.29 is 24.2 Å². The van der Waals surface area contributed by atoms with E-state index in [1.54, 1.807) is 12.1 Å². The summed E-state index contributed by atoms with van der Waals surface area (Å²) in [5, 5.41) is 14.7. The molecule has 1 fully saturated rings. The number of imide groups is 1. The van der Waals surface area contributed by atoms with E-state index in [4.69, 9.17) is 4.74 Å². The quantitative estimate of drug-likeness (QED) is 0.581. The number of rotatable bonds is 4. The highest BCUT2D eigenvalue weighted by molar-refractivity contribution is 9.10. The van der Waals surface area contributed by atoms with Crippen LogP contribution in [0.25, 0.3) is 6.08 Å². The molecule has 0 radical (unpaired) electrons. The zero-order valence-electron chi connectivity index (χ0n) is 9.94. The maximum absolute atomic E-state index is 11.3. The van der Waals surface area contributed by atoms with Gasteiger partial charge in [-0.3, -0.25) is 10.1 Å². The highest BCUT2D eigenvalue weighted by Crippen LogP contribution is 2.26. The smallest absolute Gasteiger partial charge is 0.326 e. The fourth-order valence-corrected chi connectivity index (χ4v) is 2.02. The minimum atomic E-state index is -1.33.